The third-order valence-electron chi connectivity index (χ3n) is 3.91. The van der Waals surface area contributed by atoms with Gasteiger partial charge in [-0.25, -0.2) is 4.99 Å². The minimum atomic E-state index is -0.505. The number of rotatable bonds is 4. The highest BCUT2D eigenvalue weighted by Gasteiger charge is 2.24. The molecule has 1 amide bonds. The standard InChI is InChI=1S/C21H19N3O2S/c1-13-4-5-14(2)18(10-13)23-21-24-20(25)19(27-21)11-16-6-8-17(9-7-16)26-15(3)12-22/h4-11,15H,1-3H3,(H,23,24,25)/b19-11-. The third kappa shape index (κ3) is 4.78. The number of carbonyl (C=O) groups excluding carboxylic acids is 1. The minimum Gasteiger partial charge on any atom is -0.476 e. The molecule has 2 aromatic rings. The zero-order chi connectivity index (χ0) is 19.4. The van der Waals surface area contributed by atoms with Gasteiger partial charge in [0.15, 0.2) is 11.3 Å². The van der Waals surface area contributed by atoms with Crippen molar-refractivity contribution in [2.45, 2.75) is 26.9 Å². The summed E-state index contributed by atoms with van der Waals surface area (Å²) in [6.07, 6.45) is 1.30. The van der Waals surface area contributed by atoms with E-state index in [0.29, 0.717) is 15.8 Å². The Hall–Kier alpha value is -3.04. The topological polar surface area (TPSA) is 74.5 Å². The van der Waals surface area contributed by atoms with Crippen molar-refractivity contribution in [3.05, 3.63) is 64.1 Å². The summed E-state index contributed by atoms with van der Waals surface area (Å²) in [5.74, 6) is 0.453. The van der Waals surface area contributed by atoms with Crippen LogP contribution in [0.3, 0.4) is 0 Å². The molecular formula is C21H19N3O2S. The van der Waals surface area contributed by atoms with E-state index in [1.807, 2.05) is 56.3 Å². The van der Waals surface area contributed by atoms with Gasteiger partial charge < -0.3 is 10.1 Å². The summed E-state index contributed by atoms with van der Waals surface area (Å²) in [5, 5.41) is 12.2. The molecular weight excluding hydrogens is 358 g/mol. The molecule has 1 fully saturated rings. The van der Waals surface area contributed by atoms with Gasteiger partial charge in [0.25, 0.3) is 5.91 Å². The molecule has 0 aromatic heterocycles. The smallest absolute Gasteiger partial charge is 0.264 e. The van der Waals surface area contributed by atoms with E-state index in [1.54, 1.807) is 19.1 Å². The lowest BCUT2D eigenvalue weighted by atomic mass is 10.1. The van der Waals surface area contributed by atoms with Crippen molar-refractivity contribution in [1.82, 2.24) is 5.32 Å². The highest BCUT2D eigenvalue weighted by molar-refractivity contribution is 8.18. The molecule has 1 N–H and O–H groups in total. The average Bonchev–Trinajstić information content (AvgIpc) is 2.98. The maximum absolute atomic E-state index is 12.2. The zero-order valence-electron chi connectivity index (χ0n) is 15.3. The summed E-state index contributed by atoms with van der Waals surface area (Å²) in [6.45, 7) is 5.69. The van der Waals surface area contributed by atoms with Crippen LogP contribution in [0.5, 0.6) is 5.75 Å². The van der Waals surface area contributed by atoms with Crippen LogP contribution in [-0.2, 0) is 4.79 Å². The van der Waals surface area contributed by atoms with Gasteiger partial charge >= 0.3 is 0 Å². The number of amides is 1. The first-order valence-corrected chi connectivity index (χ1v) is 9.29. The van der Waals surface area contributed by atoms with E-state index in [9.17, 15) is 4.79 Å². The van der Waals surface area contributed by atoms with Gasteiger partial charge in [-0.05, 0) is 73.5 Å². The van der Waals surface area contributed by atoms with E-state index in [-0.39, 0.29) is 5.91 Å². The average molecular weight is 377 g/mol. The van der Waals surface area contributed by atoms with E-state index in [4.69, 9.17) is 10.00 Å². The molecule has 27 heavy (non-hydrogen) atoms. The molecule has 1 unspecified atom stereocenters. The van der Waals surface area contributed by atoms with Crippen LogP contribution in [0.25, 0.3) is 6.08 Å². The Morgan fingerprint density at radius 2 is 1.96 bits per heavy atom. The molecule has 0 saturated carbocycles. The number of nitrogens with zero attached hydrogens (tertiary/aromatic N) is 2. The predicted octanol–water partition coefficient (Wildman–Crippen LogP) is 4.49. The molecule has 1 atom stereocenters. The molecule has 3 rings (SSSR count). The number of aliphatic imine (C=N–C) groups is 1. The molecule has 1 saturated heterocycles. The maximum Gasteiger partial charge on any atom is 0.264 e. The number of thioether (sulfide) groups is 1. The number of ether oxygens (including phenoxy) is 1. The number of hydrogen-bond acceptors (Lipinski definition) is 5. The highest BCUT2D eigenvalue weighted by Crippen LogP contribution is 2.29. The Bertz CT molecular complexity index is 972. The van der Waals surface area contributed by atoms with E-state index < -0.39 is 6.10 Å². The van der Waals surface area contributed by atoms with E-state index in [1.165, 1.54) is 11.8 Å². The van der Waals surface area contributed by atoms with Crippen molar-refractivity contribution in [3.8, 4) is 11.8 Å². The predicted molar refractivity (Wildman–Crippen MR) is 109 cm³/mol. The summed E-state index contributed by atoms with van der Waals surface area (Å²) < 4.78 is 5.43. The minimum absolute atomic E-state index is 0.164. The maximum atomic E-state index is 12.2. The quantitative estimate of drug-likeness (QED) is 0.797. The van der Waals surface area contributed by atoms with Crippen molar-refractivity contribution in [2.24, 2.45) is 4.99 Å². The Morgan fingerprint density at radius 3 is 2.67 bits per heavy atom. The van der Waals surface area contributed by atoms with Crippen LogP contribution in [0.2, 0.25) is 0 Å². The zero-order valence-corrected chi connectivity index (χ0v) is 16.1. The van der Waals surface area contributed by atoms with Crippen LogP contribution in [0.1, 0.15) is 23.6 Å². The van der Waals surface area contributed by atoms with Gasteiger partial charge in [0.05, 0.1) is 10.6 Å². The van der Waals surface area contributed by atoms with Crippen LogP contribution < -0.4 is 10.1 Å². The van der Waals surface area contributed by atoms with Gasteiger partial charge in [0.2, 0.25) is 0 Å². The monoisotopic (exact) mass is 377 g/mol. The summed E-state index contributed by atoms with van der Waals surface area (Å²) >= 11 is 1.32. The van der Waals surface area contributed by atoms with Gasteiger partial charge in [-0.2, -0.15) is 5.26 Å². The summed E-state index contributed by atoms with van der Waals surface area (Å²) in [4.78, 5) is 17.4. The van der Waals surface area contributed by atoms with Crippen molar-refractivity contribution < 1.29 is 9.53 Å². The molecule has 136 valence electrons. The van der Waals surface area contributed by atoms with E-state index >= 15 is 0 Å². The van der Waals surface area contributed by atoms with Gasteiger partial charge in [0.1, 0.15) is 11.8 Å². The fourth-order valence-corrected chi connectivity index (χ4v) is 3.29. The fourth-order valence-electron chi connectivity index (χ4n) is 2.45. The molecule has 0 bridgehead atoms. The first-order valence-electron chi connectivity index (χ1n) is 8.48. The number of amidine groups is 1. The van der Waals surface area contributed by atoms with Crippen molar-refractivity contribution >= 4 is 34.6 Å². The van der Waals surface area contributed by atoms with Crippen LogP contribution >= 0.6 is 11.8 Å². The molecule has 0 aliphatic carbocycles. The first kappa shape index (κ1) is 18.7. The number of aryl methyl sites for hydroxylation is 2. The number of nitriles is 1. The van der Waals surface area contributed by atoms with Crippen molar-refractivity contribution in [3.63, 3.8) is 0 Å². The number of carbonyl (C=O) groups is 1. The lowest BCUT2D eigenvalue weighted by molar-refractivity contribution is -0.115. The highest BCUT2D eigenvalue weighted by atomic mass is 32.2. The van der Waals surface area contributed by atoms with Gasteiger partial charge in [-0.1, -0.05) is 24.3 Å². The third-order valence-corrected chi connectivity index (χ3v) is 4.82. The molecule has 0 spiro atoms. The second-order valence-corrected chi connectivity index (χ2v) is 7.26. The molecule has 1 heterocycles. The van der Waals surface area contributed by atoms with Crippen LogP contribution in [0.15, 0.2) is 52.4 Å². The van der Waals surface area contributed by atoms with Crippen LogP contribution in [-0.4, -0.2) is 17.2 Å². The summed E-state index contributed by atoms with van der Waals surface area (Å²) in [5.41, 5.74) is 3.91. The number of benzene rings is 2. The molecule has 0 radical (unpaired) electrons. The SMILES string of the molecule is Cc1ccc(C)c(N=C2NC(=O)/C(=C/c3ccc(OC(C)C#N)cc3)S2)c1. The Labute approximate surface area is 162 Å². The van der Waals surface area contributed by atoms with Gasteiger partial charge in [-0.3, -0.25) is 4.79 Å². The molecule has 1 aliphatic rings. The fraction of sp³-hybridized carbons (Fsp3) is 0.190. The van der Waals surface area contributed by atoms with E-state index in [2.05, 4.69) is 10.3 Å². The lowest BCUT2D eigenvalue weighted by Gasteiger charge is -2.07. The molecule has 6 heteroatoms. The normalized spacial score (nSPS) is 17.6. The second-order valence-electron chi connectivity index (χ2n) is 6.23. The molecule has 2 aromatic carbocycles. The Balaban J connectivity index is 1.76. The van der Waals surface area contributed by atoms with Crippen molar-refractivity contribution in [2.75, 3.05) is 0 Å². The van der Waals surface area contributed by atoms with Crippen molar-refractivity contribution in [1.29, 1.82) is 5.26 Å². The van der Waals surface area contributed by atoms with Gasteiger partial charge in [0, 0.05) is 0 Å². The Kier molecular flexibility index (Phi) is 5.63. The second kappa shape index (κ2) is 8.11. The van der Waals surface area contributed by atoms with Crippen LogP contribution in [0, 0.1) is 25.2 Å². The first-order chi connectivity index (χ1) is 12.9. The lowest BCUT2D eigenvalue weighted by Crippen LogP contribution is -2.19. The summed E-state index contributed by atoms with van der Waals surface area (Å²) in [6, 6.07) is 15.3. The van der Waals surface area contributed by atoms with Gasteiger partial charge in [-0.15, -0.1) is 0 Å². The molecule has 5 nitrogen and oxygen atoms in total. The summed E-state index contributed by atoms with van der Waals surface area (Å²) in [7, 11) is 0. The number of hydrogen-bond donors (Lipinski definition) is 1. The van der Waals surface area contributed by atoms with E-state index in [0.717, 1.165) is 22.4 Å². The molecule has 1 aliphatic heterocycles. The van der Waals surface area contributed by atoms with Crippen LogP contribution in [0.4, 0.5) is 5.69 Å². The largest absolute Gasteiger partial charge is 0.476 e. The number of nitrogens with one attached hydrogen (secondary N) is 1. The Morgan fingerprint density at radius 1 is 1.22 bits per heavy atom.